The van der Waals surface area contributed by atoms with Gasteiger partial charge in [-0.2, -0.15) is 5.10 Å². The van der Waals surface area contributed by atoms with Gasteiger partial charge >= 0.3 is 0 Å². The molecule has 0 unspecified atom stereocenters. The molecule has 4 heterocycles. The van der Waals surface area contributed by atoms with E-state index in [2.05, 4.69) is 85.1 Å². The van der Waals surface area contributed by atoms with Crippen molar-refractivity contribution in [3.8, 4) is 33.8 Å². The molecule has 0 bridgehead atoms. The Morgan fingerprint density at radius 1 is 0.730 bits per heavy atom. The lowest BCUT2D eigenvalue weighted by atomic mass is 9.97. The largest absolute Gasteiger partial charge is 0.312 e. The van der Waals surface area contributed by atoms with Crippen LogP contribution < -0.4 is 5.32 Å². The van der Waals surface area contributed by atoms with Crippen molar-refractivity contribution in [1.29, 1.82) is 0 Å². The van der Waals surface area contributed by atoms with Crippen LogP contribution in [-0.4, -0.2) is 36.7 Å². The summed E-state index contributed by atoms with van der Waals surface area (Å²) in [5.74, 6) is 1.56. The monoisotopic (exact) mass is 483 g/mol. The zero-order valence-electron chi connectivity index (χ0n) is 20.2. The van der Waals surface area contributed by atoms with Gasteiger partial charge in [-0.3, -0.25) is 15.1 Å². The Labute approximate surface area is 214 Å². The van der Waals surface area contributed by atoms with Crippen LogP contribution in [0.5, 0.6) is 0 Å². The van der Waals surface area contributed by atoms with E-state index in [-0.39, 0.29) is 0 Å². The van der Waals surface area contributed by atoms with Crippen molar-refractivity contribution >= 4 is 10.9 Å². The number of fused-ring (bicyclic) bond motifs is 1. The molecule has 0 aliphatic heterocycles. The number of nitrogens with zero attached hydrogens (tertiary/aromatic N) is 5. The van der Waals surface area contributed by atoms with Crippen LogP contribution in [0.3, 0.4) is 0 Å². The van der Waals surface area contributed by atoms with Gasteiger partial charge in [-0.1, -0.05) is 54.6 Å². The number of aromatic amines is 1. The van der Waals surface area contributed by atoms with E-state index in [1.165, 1.54) is 5.56 Å². The number of aromatic nitrogens is 6. The van der Waals surface area contributed by atoms with Gasteiger partial charge < -0.3 is 5.32 Å². The van der Waals surface area contributed by atoms with Gasteiger partial charge in [-0.05, 0) is 35.4 Å². The van der Waals surface area contributed by atoms with E-state index in [9.17, 15) is 0 Å². The Kier molecular flexibility index (Phi) is 6.43. The summed E-state index contributed by atoms with van der Waals surface area (Å²) in [6, 6.07) is 26.9. The molecule has 0 saturated carbocycles. The maximum atomic E-state index is 5.01. The molecular weight excluding hydrogens is 458 g/mol. The van der Waals surface area contributed by atoms with Crippen molar-refractivity contribution in [3.05, 3.63) is 115 Å². The third-order valence-corrected chi connectivity index (χ3v) is 6.27. The molecule has 0 saturated heterocycles. The second-order valence-corrected chi connectivity index (χ2v) is 8.78. The summed E-state index contributed by atoms with van der Waals surface area (Å²) in [6.07, 6.45) is 7.91. The predicted molar refractivity (Wildman–Crippen MR) is 145 cm³/mol. The van der Waals surface area contributed by atoms with E-state index in [4.69, 9.17) is 4.98 Å². The van der Waals surface area contributed by atoms with Crippen molar-refractivity contribution in [2.45, 2.75) is 13.0 Å². The van der Waals surface area contributed by atoms with E-state index in [0.29, 0.717) is 5.82 Å². The SMILES string of the molecule is c1ccc(-c2cc3cnccc3nc2-c2ccc(CNCCc3nc(-c4ccncc4)n[nH]3)cc2)cc1. The fraction of sp³-hybridized carbons (Fsp3) is 0.100. The maximum absolute atomic E-state index is 5.01. The summed E-state index contributed by atoms with van der Waals surface area (Å²) in [4.78, 5) is 17.9. The molecule has 180 valence electrons. The zero-order chi connectivity index (χ0) is 24.9. The van der Waals surface area contributed by atoms with Gasteiger partial charge in [0, 0.05) is 66.4 Å². The molecule has 0 spiro atoms. The lowest BCUT2D eigenvalue weighted by Crippen LogP contribution is -2.17. The van der Waals surface area contributed by atoms with E-state index in [1.807, 2.05) is 30.5 Å². The Morgan fingerprint density at radius 3 is 2.38 bits per heavy atom. The van der Waals surface area contributed by atoms with E-state index >= 15 is 0 Å². The molecular formula is C30H25N7. The molecule has 6 aromatic rings. The first-order valence-corrected chi connectivity index (χ1v) is 12.3. The highest BCUT2D eigenvalue weighted by molar-refractivity contribution is 5.91. The highest BCUT2D eigenvalue weighted by Crippen LogP contribution is 2.33. The number of rotatable bonds is 8. The lowest BCUT2D eigenvalue weighted by molar-refractivity contribution is 0.672. The first kappa shape index (κ1) is 22.7. The normalized spacial score (nSPS) is 11.1. The second kappa shape index (κ2) is 10.5. The molecule has 0 radical (unpaired) electrons. The fourth-order valence-electron chi connectivity index (χ4n) is 4.33. The average Bonchev–Trinajstić information content (AvgIpc) is 3.45. The van der Waals surface area contributed by atoms with Crippen molar-refractivity contribution in [2.75, 3.05) is 6.54 Å². The molecule has 7 nitrogen and oxygen atoms in total. The molecule has 0 atom stereocenters. The zero-order valence-corrected chi connectivity index (χ0v) is 20.2. The minimum atomic E-state index is 0.696. The maximum Gasteiger partial charge on any atom is 0.181 e. The highest BCUT2D eigenvalue weighted by atomic mass is 15.2. The minimum absolute atomic E-state index is 0.696. The van der Waals surface area contributed by atoms with E-state index in [0.717, 1.165) is 64.2 Å². The Hall–Kier alpha value is -4.75. The van der Waals surface area contributed by atoms with Gasteiger partial charge in [-0.25, -0.2) is 9.97 Å². The van der Waals surface area contributed by atoms with Crippen LogP contribution >= 0.6 is 0 Å². The third-order valence-electron chi connectivity index (χ3n) is 6.27. The van der Waals surface area contributed by atoms with Crippen molar-refractivity contribution in [3.63, 3.8) is 0 Å². The van der Waals surface area contributed by atoms with Gasteiger partial charge in [0.05, 0.1) is 11.2 Å². The summed E-state index contributed by atoms with van der Waals surface area (Å²) in [5.41, 5.74) is 7.41. The molecule has 4 aromatic heterocycles. The van der Waals surface area contributed by atoms with Crippen LogP contribution in [0.4, 0.5) is 0 Å². The van der Waals surface area contributed by atoms with Gasteiger partial charge in [-0.15, -0.1) is 0 Å². The molecule has 37 heavy (non-hydrogen) atoms. The Bertz CT molecular complexity index is 1610. The number of nitrogens with one attached hydrogen (secondary N) is 2. The predicted octanol–water partition coefficient (Wildman–Crippen LogP) is 5.48. The molecule has 0 fully saturated rings. The van der Waals surface area contributed by atoms with Crippen LogP contribution in [-0.2, 0) is 13.0 Å². The van der Waals surface area contributed by atoms with E-state index < -0.39 is 0 Å². The first-order chi connectivity index (χ1) is 18.3. The quantitative estimate of drug-likeness (QED) is 0.279. The molecule has 0 aliphatic rings. The standard InChI is InChI=1S/C30H25N7/c1-2-4-22(5-3-1)26-18-25-20-33-16-12-27(25)34-29(26)23-8-6-21(7-9-23)19-32-17-13-28-35-30(37-36-28)24-10-14-31-15-11-24/h1-12,14-16,18,20,32H,13,17,19H2,(H,35,36,37). The lowest BCUT2D eigenvalue weighted by Gasteiger charge is -2.12. The summed E-state index contributed by atoms with van der Waals surface area (Å²) in [7, 11) is 0. The number of hydrogen-bond donors (Lipinski definition) is 2. The van der Waals surface area contributed by atoms with Crippen molar-refractivity contribution in [2.24, 2.45) is 0 Å². The second-order valence-electron chi connectivity index (χ2n) is 8.78. The van der Waals surface area contributed by atoms with Gasteiger partial charge in [0.2, 0.25) is 0 Å². The molecule has 6 rings (SSSR count). The Morgan fingerprint density at radius 2 is 1.54 bits per heavy atom. The molecule has 2 aromatic carbocycles. The van der Waals surface area contributed by atoms with Gasteiger partial charge in [0.15, 0.2) is 5.82 Å². The Balaban J connectivity index is 1.14. The molecule has 2 N–H and O–H groups in total. The summed E-state index contributed by atoms with van der Waals surface area (Å²) in [5, 5.41) is 11.9. The third kappa shape index (κ3) is 5.12. The van der Waals surface area contributed by atoms with Crippen LogP contribution in [0.15, 0.2) is 104 Å². The molecule has 0 amide bonds. The van der Waals surface area contributed by atoms with Crippen LogP contribution in [0.1, 0.15) is 11.4 Å². The topological polar surface area (TPSA) is 92.3 Å². The minimum Gasteiger partial charge on any atom is -0.312 e. The number of pyridine rings is 3. The highest BCUT2D eigenvalue weighted by Gasteiger charge is 2.12. The van der Waals surface area contributed by atoms with Crippen LogP contribution in [0.2, 0.25) is 0 Å². The summed E-state index contributed by atoms with van der Waals surface area (Å²) in [6.45, 7) is 1.57. The fourth-order valence-corrected chi connectivity index (χ4v) is 4.33. The first-order valence-electron chi connectivity index (χ1n) is 12.3. The molecule has 0 aliphatic carbocycles. The van der Waals surface area contributed by atoms with Gasteiger partial charge in [0.25, 0.3) is 0 Å². The number of H-pyrrole nitrogens is 1. The van der Waals surface area contributed by atoms with Crippen molar-refractivity contribution in [1.82, 2.24) is 35.5 Å². The molecule has 7 heteroatoms. The number of benzene rings is 2. The van der Waals surface area contributed by atoms with Crippen LogP contribution in [0.25, 0.3) is 44.7 Å². The van der Waals surface area contributed by atoms with Crippen molar-refractivity contribution < 1.29 is 0 Å². The van der Waals surface area contributed by atoms with Gasteiger partial charge in [0.1, 0.15) is 5.82 Å². The van der Waals surface area contributed by atoms with Crippen LogP contribution in [0, 0.1) is 0 Å². The van der Waals surface area contributed by atoms with E-state index in [1.54, 1.807) is 18.6 Å². The number of hydrogen-bond acceptors (Lipinski definition) is 6. The summed E-state index contributed by atoms with van der Waals surface area (Å²) < 4.78 is 0. The smallest absolute Gasteiger partial charge is 0.181 e. The summed E-state index contributed by atoms with van der Waals surface area (Å²) >= 11 is 0. The average molecular weight is 484 g/mol.